The zero-order valence-corrected chi connectivity index (χ0v) is 18.0. The zero-order valence-electron chi connectivity index (χ0n) is 15.6. The molecule has 0 aliphatic carbocycles. The highest BCUT2D eigenvalue weighted by atomic mass is 79.9. The predicted octanol–water partition coefficient (Wildman–Crippen LogP) is 3.99. The van der Waals surface area contributed by atoms with Crippen LogP contribution < -0.4 is 10.6 Å². The Morgan fingerprint density at radius 3 is 2.77 bits per heavy atom. The molecule has 0 bridgehead atoms. The van der Waals surface area contributed by atoms with E-state index in [4.69, 9.17) is 4.74 Å². The molecule has 0 spiro atoms. The maximum atomic E-state index is 13.8. The van der Waals surface area contributed by atoms with Crippen LogP contribution in [0.4, 0.5) is 4.39 Å². The van der Waals surface area contributed by atoms with Gasteiger partial charge >= 0.3 is 0 Å². The van der Waals surface area contributed by atoms with Crippen molar-refractivity contribution in [3.63, 3.8) is 0 Å². The van der Waals surface area contributed by atoms with E-state index < -0.39 is 0 Å². The fourth-order valence-electron chi connectivity index (χ4n) is 3.10. The average molecular weight is 446 g/mol. The van der Waals surface area contributed by atoms with E-state index in [1.165, 1.54) is 6.07 Å². The Morgan fingerprint density at radius 2 is 2.12 bits per heavy atom. The van der Waals surface area contributed by atoms with Gasteiger partial charge < -0.3 is 15.4 Å². The predicted molar refractivity (Wildman–Crippen MR) is 113 cm³/mol. The molecule has 0 unspecified atom stereocenters. The number of aryl methyl sites for hydroxylation is 1. The summed E-state index contributed by atoms with van der Waals surface area (Å²) in [6.07, 6.45) is 3.69. The summed E-state index contributed by atoms with van der Waals surface area (Å²) in [5.74, 6) is 1.76. The molecule has 1 aromatic rings. The van der Waals surface area contributed by atoms with Crippen LogP contribution in [0.5, 0.6) is 0 Å². The largest absolute Gasteiger partial charge is 0.381 e. The molecule has 4 nitrogen and oxygen atoms in total. The number of ether oxygens (including phenoxy) is 1. The van der Waals surface area contributed by atoms with Crippen LogP contribution >= 0.6 is 27.7 Å². The molecule has 0 aromatic heterocycles. The summed E-state index contributed by atoms with van der Waals surface area (Å²) in [6.45, 7) is 5.51. The van der Waals surface area contributed by atoms with E-state index in [1.54, 1.807) is 7.05 Å². The van der Waals surface area contributed by atoms with Crippen LogP contribution in [-0.4, -0.2) is 49.8 Å². The molecule has 1 fully saturated rings. The summed E-state index contributed by atoms with van der Waals surface area (Å²) < 4.78 is 20.4. The molecular formula is C19H29BrFN3OS. The van der Waals surface area contributed by atoms with Crippen molar-refractivity contribution in [2.45, 2.75) is 37.4 Å². The first-order valence-corrected chi connectivity index (χ1v) is 11.0. The molecular weight excluding hydrogens is 417 g/mol. The summed E-state index contributed by atoms with van der Waals surface area (Å²) in [7, 11) is 1.79. The first-order valence-electron chi connectivity index (χ1n) is 9.19. The number of nitrogens with zero attached hydrogens (tertiary/aromatic N) is 1. The van der Waals surface area contributed by atoms with Gasteiger partial charge in [-0.05, 0) is 49.1 Å². The van der Waals surface area contributed by atoms with Gasteiger partial charge in [-0.25, -0.2) is 4.39 Å². The lowest BCUT2D eigenvalue weighted by Gasteiger charge is -2.37. The number of hydrogen-bond donors (Lipinski definition) is 2. The molecule has 1 heterocycles. The van der Waals surface area contributed by atoms with Gasteiger partial charge in [0.2, 0.25) is 0 Å². The molecule has 0 atom stereocenters. The van der Waals surface area contributed by atoms with E-state index in [2.05, 4.69) is 38.5 Å². The van der Waals surface area contributed by atoms with Gasteiger partial charge in [-0.15, -0.1) is 0 Å². The van der Waals surface area contributed by atoms with E-state index in [0.717, 1.165) is 67.3 Å². The number of aliphatic imine (C=N–C) groups is 1. The van der Waals surface area contributed by atoms with Crippen molar-refractivity contribution in [1.29, 1.82) is 0 Å². The van der Waals surface area contributed by atoms with Gasteiger partial charge in [0.05, 0.1) is 0 Å². The molecule has 1 aliphatic heterocycles. The number of benzene rings is 1. The van der Waals surface area contributed by atoms with Crippen molar-refractivity contribution in [3.05, 3.63) is 34.1 Å². The fraction of sp³-hybridized carbons (Fsp3) is 0.632. The Bertz CT molecular complexity index is 589. The molecule has 146 valence electrons. The second-order valence-corrected chi connectivity index (χ2v) is 9.07. The van der Waals surface area contributed by atoms with Crippen molar-refractivity contribution in [3.8, 4) is 0 Å². The minimum Gasteiger partial charge on any atom is -0.381 e. The number of halogens is 2. The number of hydrogen-bond acceptors (Lipinski definition) is 3. The van der Waals surface area contributed by atoms with Crippen molar-refractivity contribution in [1.82, 2.24) is 10.6 Å². The minimum atomic E-state index is -0.153. The van der Waals surface area contributed by atoms with Crippen LogP contribution in [0.3, 0.4) is 0 Å². The summed E-state index contributed by atoms with van der Waals surface area (Å²) in [4.78, 5) is 4.31. The maximum absolute atomic E-state index is 13.8. The van der Waals surface area contributed by atoms with Gasteiger partial charge in [0.15, 0.2) is 5.96 Å². The van der Waals surface area contributed by atoms with Crippen molar-refractivity contribution < 1.29 is 9.13 Å². The molecule has 26 heavy (non-hydrogen) atoms. The third kappa shape index (κ3) is 6.74. The molecule has 2 N–H and O–H groups in total. The van der Waals surface area contributed by atoms with Gasteiger partial charge in [-0.3, -0.25) is 4.99 Å². The molecule has 0 saturated carbocycles. The Morgan fingerprint density at radius 1 is 1.35 bits per heavy atom. The first kappa shape index (κ1) is 21.5. The lowest BCUT2D eigenvalue weighted by Crippen LogP contribution is -2.48. The highest BCUT2D eigenvalue weighted by Crippen LogP contribution is 2.34. The molecule has 1 aromatic carbocycles. The van der Waals surface area contributed by atoms with Gasteiger partial charge in [-0.2, -0.15) is 11.8 Å². The summed E-state index contributed by atoms with van der Waals surface area (Å²) in [6, 6.07) is 5.23. The molecule has 2 rings (SSSR count). The van der Waals surface area contributed by atoms with Crippen LogP contribution in [0.15, 0.2) is 27.7 Å². The highest BCUT2D eigenvalue weighted by molar-refractivity contribution is 9.10. The summed E-state index contributed by atoms with van der Waals surface area (Å²) >= 11 is 5.30. The van der Waals surface area contributed by atoms with Crippen molar-refractivity contribution >= 4 is 33.7 Å². The summed E-state index contributed by atoms with van der Waals surface area (Å²) in [5.41, 5.74) is 0.749. The average Bonchev–Trinajstić information content (AvgIpc) is 2.63. The van der Waals surface area contributed by atoms with E-state index in [9.17, 15) is 4.39 Å². The standard InChI is InChI=1S/C19H29BrFN3OS/c1-3-26-19(8-11-25-12-9-19)14-24-18(22-2)23-10-4-5-15-6-7-16(20)13-17(15)21/h6-7,13H,3-5,8-12,14H2,1-2H3,(H2,22,23,24). The van der Waals surface area contributed by atoms with E-state index in [1.807, 2.05) is 23.9 Å². The van der Waals surface area contributed by atoms with Crippen molar-refractivity contribution in [2.24, 2.45) is 4.99 Å². The quantitative estimate of drug-likeness (QED) is 0.360. The van der Waals surface area contributed by atoms with Crippen LogP contribution in [-0.2, 0) is 11.2 Å². The summed E-state index contributed by atoms with van der Waals surface area (Å²) in [5, 5.41) is 6.80. The Balaban J connectivity index is 1.75. The van der Waals surface area contributed by atoms with Gasteiger partial charge in [0.1, 0.15) is 5.82 Å². The number of guanidine groups is 1. The van der Waals surface area contributed by atoms with E-state index in [-0.39, 0.29) is 10.6 Å². The monoisotopic (exact) mass is 445 g/mol. The topological polar surface area (TPSA) is 45.7 Å². The third-order valence-electron chi connectivity index (χ3n) is 4.59. The highest BCUT2D eigenvalue weighted by Gasteiger charge is 2.32. The van der Waals surface area contributed by atoms with Crippen LogP contribution in [0.25, 0.3) is 0 Å². The Hall–Kier alpha value is -0.790. The van der Waals surface area contributed by atoms with Gasteiger partial charge in [0, 0.05) is 42.6 Å². The van der Waals surface area contributed by atoms with Crippen molar-refractivity contribution in [2.75, 3.05) is 39.1 Å². The normalized spacial score (nSPS) is 17.2. The first-order chi connectivity index (χ1) is 12.6. The number of thioether (sulfide) groups is 1. The number of nitrogens with one attached hydrogen (secondary N) is 2. The minimum absolute atomic E-state index is 0.153. The second-order valence-electron chi connectivity index (χ2n) is 6.42. The maximum Gasteiger partial charge on any atom is 0.191 e. The molecule has 0 radical (unpaired) electrons. The fourth-order valence-corrected chi connectivity index (χ4v) is 4.67. The SMILES string of the molecule is CCSC1(CNC(=NC)NCCCc2ccc(Br)cc2F)CCOCC1. The molecule has 1 aliphatic rings. The number of rotatable bonds is 8. The second kappa shape index (κ2) is 11.1. The van der Waals surface area contributed by atoms with Crippen LogP contribution in [0.2, 0.25) is 0 Å². The molecule has 1 saturated heterocycles. The van der Waals surface area contributed by atoms with E-state index >= 15 is 0 Å². The van der Waals surface area contributed by atoms with Crippen LogP contribution in [0.1, 0.15) is 31.7 Å². The Labute approximate surface area is 168 Å². The van der Waals surface area contributed by atoms with Crippen LogP contribution in [0, 0.1) is 5.82 Å². The lowest BCUT2D eigenvalue weighted by molar-refractivity contribution is 0.0782. The Kier molecular flexibility index (Phi) is 9.22. The molecule has 7 heteroatoms. The van der Waals surface area contributed by atoms with Gasteiger partial charge in [-0.1, -0.05) is 28.9 Å². The zero-order chi connectivity index (χ0) is 18.8. The smallest absolute Gasteiger partial charge is 0.191 e. The molecule has 0 amide bonds. The third-order valence-corrected chi connectivity index (χ3v) is 6.53. The van der Waals surface area contributed by atoms with Gasteiger partial charge in [0.25, 0.3) is 0 Å². The lowest BCUT2D eigenvalue weighted by atomic mass is 9.99. The van der Waals surface area contributed by atoms with E-state index in [0.29, 0.717) is 6.42 Å².